The van der Waals surface area contributed by atoms with Gasteiger partial charge in [0.15, 0.2) is 0 Å². The average molecular weight is 376 g/mol. The molecule has 144 valence electrons. The molecule has 4 rings (SSSR count). The molecule has 1 amide bonds. The van der Waals surface area contributed by atoms with Gasteiger partial charge in [0.1, 0.15) is 5.82 Å². The van der Waals surface area contributed by atoms with E-state index in [4.69, 9.17) is 0 Å². The minimum atomic E-state index is -0.337. The lowest BCUT2D eigenvalue weighted by atomic mass is 9.92. The number of nitrogens with one attached hydrogen (secondary N) is 1. The number of carbonyl (C=O) groups excluding carboxylic acids is 1. The summed E-state index contributed by atoms with van der Waals surface area (Å²) < 4.78 is 13.3. The van der Waals surface area contributed by atoms with E-state index in [1.54, 1.807) is 12.1 Å². The fraction of sp³-hybridized carbons (Fsp3) is 0.292. The Kier molecular flexibility index (Phi) is 5.40. The summed E-state index contributed by atoms with van der Waals surface area (Å²) in [5.41, 5.74) is 1.86. The van der Waals surface area contributed by atoms with Crippen LogP contribution in [0.1, 0.15) is 31.4 Å². The van der Waals surface area contributed by atoms with E-state index in [1.807, 2.05) is 0 Å². The van der Waals surface area contributed by atoms with Crippen LogP contribution in [0.5, 0.6) is 0 Å². The predicted molar refractivity (Wildman–Crippen MR) is 112 cm³/mol. The molecule has 1 atom stereocenters. The predicted octanol–water partition coefficient (Wildman–Crippen LogP) is 5.39. The topological polar surface area (TPSA) is 32.3 Å². The van der Waals surface area contributed by atoms with E-state index in [0.717, 1.165) is 25.9 Å². The van der Waals surface area contributed by atoms with Crippen molar-refractivity contribution < 1.29 is 9.18 Å². The second-order valence-corrected chi connectivity index (χ2v) is 7.55. The second-order valence-electron chi connectivity index (χ2n) is 7.55. The number of carbonyl (C=O) groups is 1. The number of piperidine rings is 1. The van der Waals surface area contributed by atoms with E-state index >= 15 is 0 Å². The van der Waals surface area contributed by atoms with Crippen molar-refractivity contribution in [2.24, 2.45) is 5.92 Å². The Morgan fingerprint density at radius 2 is 1.75 bits per heavy atom. The molecule has 0 aromatic heterocycles. The maximum atomic E-state index is 13.3. The minimum Gasteiger partial charge on any atom is -0.326 e. The Labute approximate surface area is 165 Å². The zero-order valence-corrected chi connectivity index (χ0v) is 16.1. The van der Waals surface area contributed by atoms with E-state index in [-0.39, 0.29) is 17.6 Å². The van der Waals surface area contributed by atoms with Gasteiger partial charge in [-0.2, -0.15) is 0 Å². The van der Waals surface area contributed by atoms with Crippen LogP contribution < -0.4 is 5.32 Å². The summed E-state index contributed by atoms with van der Waals surface area (Å²) in [7, 11) is 0. The largest absolute Gasteiger partial charge is 0.326 e. The van der Waals surface area contributed by atoms with Crippen LogP contribution >= 0.6 is 0 Å². The number of anilines is 1. The molecule has 3 nitrogen and oxygen atoms in total. The van der Waals surface area contributed by atoms with Gasteiger partial charge in [-0.1, -0.05) is 48.5 Å². The van der Waals surface area contributed by atoms with Gasteiger partial charge in [-0.3, -0.25) is 9.69 Å². The molecular formula is C24H25FN2O. The Morgan fingerprint density at radius 3 is 2.54 bits per heavy atom. The van der Waals surface area contributed by atoms with Gasteiger partial charge in [-0.05, 0) is 67.4 Å². The van der Waals surface area contributed by atoms with Crippen LogP contribution in [-0.2, 0) is 4.79 Å². The molecule has 1 aliphatic heterocycles. The van der Waals surface area contributed by atoms with Crippen molar-refractivity contribution in [3.05, 3.63) is 78.1 Å². The highest BCUT2D eigenvalue weighted by Gasteiger charge is 2.28. The summed E-state index contributed by atoms with van der Waals surface area (Å²) in [5, 5.41) is 5.41. The van der Waals surface area contributed by atoms with Crippen molar-refractivity contribution in [3.8, 4) is 0 Å². The summed E-state index contributed by atoms with van der Waals surface area (Å²) in [4.78, 5) is 15.0. The van der Waals surface area contributed by atoms with Crippen LogP contribution in [-0.4, -0.2) is 23.9 Å². The molecular weight excluding hydrogens is 351 g/mol. The molecule has 4 heteroatoms. The van der Waals surface area contributed by atoms with Gasteiger partial charge in [-0.15, -0.1) is 0 Å². The highest BCUT2D eigenvalue weighted by atomic mass is 19.1. The molecule has 3 aromatic carbocycles. The number of hydrogen-bond acceptors (Lipinski definition) is 2. The SMILES string of the molecule is CC(c1cccc2ccccc12)N1CCC(C(=O)Nc2cccc(F)c2)CC1. The number of hydrogen-bond donors (Lipinski definition) is 1. The number of fused-ring (bicyclic) bond motifs is 1. The summed E-state index contributed by atoms with van der Waals surface area (Å²) in [6.45, 7) is 4.01. The number of rotatable bonds is 4. The van der Waals surface area contributed by atoms with Crippen molar-refractivity contribution in [1.82, 2.24) is 4.90 Å². The molecule has 0 aliphatic carbocycles. The number of halogens is 1. The van der Waals surface area contributed by atoms with E-state index in [0.29, 0.717) is 11.7 Å². The standard InChI is InChI=1S/C24H25FN2O/c1-17(22-11-4-7-18-6-2-3-10-23(18)22)27-14-12-19(13-15-27)24(28)26-21-9-5-8-20(25)16-21/h2-11,16-17,19H,12-15H2,1H3,(H,26,28). The molecule has 1 aliphatic rings. The van der Waals surface area contributed by atoms with Crippen LogP contribution in [0.25, 0.3) is 10.8 Å². The zero-order valence-electron chi connectivity index (χ0n) is 16.1. The van der Waals surface area contributed by atoms with E-state index in [2.05, 4.69) is 59.6 Å². The molecule has 0 spiro atoms. The van der Waals surface area contributed by atoms with Crippen molar-refractivity contribution >= 4 is 22.4 Å². The Balaban J connectivity index is 1.40. The monoisotopic (exact) mass is 376 g/mol. The molecule has 0 bridgehead atoms. The van der Waals surface area contributed by atoms with Gasteiger partial charge < -0.3 is 5.32 Å². The summed E-state index contributed by atoms with van der Waals surface area (Å²) >= 11 is 0. The molecule has 0 saturated carbocycles. The maximum Gasteiger partial charge on any atom is 0.227 e. The fourth-order valence-electron chi connectivity index (χ4n) is 4.17. The van der Waals surface area contributed by atoms with Crippen molar-refractivity contribution in [3.63, 3.8) is 0 Å². The van der Waals surface area contributed by atoms with Crippen LogP contribution in [0.15, 0.2) is 66.7 Å². The Bertz CT molecular complexity index is 974. The van der Waals surface area contributed by atoms with Crippen LogP contribution in [0, 0.1) is 11.7 Å². The average Bonchev–Trinajstić information content (AvgIpc) is 2.73. The lowest BCUT2D eigenvalue weighted by Gasteiger charge is -2.36. The molecule has 0 radical (unpaired) electrons. The smallest absolute Gasteiger partial charge is 0.227 e. The van der Waals surface area contributed by atoms with E-state index in [9.17, 15) is 9.18 Å². The summed E-state index contributed by atoms with van der Waals surface area (Å²) in [5.74, 6) is -0.376. The lowest BCUT2D eigenvalue weighted by molar-refractivity contribution is -0.121. The first-order valence-electron chi connectivity index (χ1n) is 9.90. The Morgan fingerprint density at radius 1 is 1.04 bits per heavy atom. The second kappa shape index (κ2) is 8.11. The number of nitrogens with zero attached hydrogens (tertiary/aromatic N) is 1. The quantitative estimate of drug-likeness (QED) is 0.662. The number of likely N-dealkylation sites (tertiary alicyclic amines) is 1. The normalized spacial score (nSPS) is 16.8. The highest BCUT2D eigenvalue weighted by Crippen LogP contribution is 2.31. The van der Waals surface area contributed by atoms with Crippen LogP contribution in [0.3, 0.4) is 0 Å². The van der Waals surface area contributed by atoms with E-state index < -0.39 is 0 Å². The van der Waals surface area contributed by atoms with Gasteiger partial charge in [-0.25, -0.2) is 4.39 Å². The first-order valence-corrected chi connectivity index (χ1v) is 9.90. The van der Waals surface area contributed by atoms with Gasteiger partial charge in [0, 0.05) is 17.6 Å². The third-order valence-electron chi connectivity index (χ3n) is 5.81. The number of benzene rings is 3. The minimum absolute atomic E-state index is 0.0111. The van der Waals surface area contributed by atoms with Crippen molar-refractivity contribution in [2.75, 3.05) is 18.4 Å². The molecule has 1 unspecified atom stereocenters. The number of amides is 1. The third-order valence-corrected chi connectivity index (χ3v) is 5.81. The molecule has 1 heterocycles. The molecule has 28 heavy (non-hydrogen) atoms. The highest BCUT2D eigenvalue weighted by molar-refractivity contribution is 5.92. The summed E-state index contributed by atoms with van der Waals surface area (Å²) in [6, 6.07) is 21.3. The van der Waals surface area contributed by atoms with Crippen molar-refractivity contribution in [1.29, 1.82) is 0 Å². The molecule has 1 fully saturated rings. The molecule has 1 saturated heterocycles. The first-order chi connectivity index (χ1) is 13.6. The van der Waals surface area contributed by atoms with Crippen molar-refractivity contribution in [2.45, 2.75) is 25.8 Å². The molecule has 1 N–H and O–H groups in total. The third kappa shape index (κ3) is 3.92. The zero-order chi connectivity index (χ0) is 19.5. The van der Waals surface area contributed by atoms with Gasteiger partial charge in [0.05, 0.1) is 0 Å². The fourth-order valence-corrected chi connectivity index (χ4v) is 4.17. The lowest BCUT2D eigenvalue weighted by Crippen LogP contribution is -2.39. The van der Waals surface area contributed by atoms with Crippen LogP contribution in [0.2, 0.25) is 0 Å². The van der Waals surface area contributed by atoms with Gasteiger partial charge in [0.25, 0.3) is 0 Å². The van der Waals surface area contributed by atoms with Crippen LogP contribution in [0.4, 0.5) is 10.1 Å². The summed E-state index contributed by atoms with van der Waals surface area (Å²) in [6.07, 6.45) is 1.63. The van der Waals surface area contributed by atoms with E-state index in [1.165, 1.54) is 28.5 Å². The first kappa shape index (κ1) is 18.6. The van der Waals surface area contributed by atoms with Gasteiger partial charge in [0.2, 0.25) is 5.91 Å². The van der Waals surface area contributed by atoms with Gasteiger partial charge >= 0.3 is 0 Å². The molecule has 3 aromatic rings. The maximum absolute atomic E-state index is 13.3. The Hall–Kier alpha value is -2.72.